The van der Waals surface area contributed by atoms with E-state index in [1.165, 1.54) is 69.9 Å². The lowest BCUT2D eigenvalue weighted by atomic mass is 10.1. The van der Waals surface area contributed by atoms with Gasteiger partial charge in [-0.25, -0.2) is 0 Å². The normalized spacial score (nSPS) is 15.7. The van der Waals surface area contributed by atoms with E-state index in [-0.39, 0.29) is 12.4 Å². The van der Waals surface area contributed by atoms with Crippen LogP contribution in [0.25, 0.3) is 6.08 Å². The maximum atomic E-state index is 5.84. The molecule has 1 N–H and O–H groups in total. The molecule has 1 atom stereocenters. The van der Waals surface area contributed by atoms with Gasteiger partial charge >= 0.3 is 0 Å². The van der Waals surface area contributed by atoms with Gasteiger partial charge in [0.25, 0.3) is 0 Å². The van der Waals surface area contributed by atoms with E-state index in [0.29, 0.717) is 6.04 Å². The molecule has 0 amide bonds. The zero-order valence-electron chi connectivity index (χ0n) is 19.3. The summed E-state index contributed by atoms with van der Waals surface area (Å²) in [5, 5.41) is 3.48. The van der Waals surface area contributed by atoms with Crippen LogP contribution >= 0.6 is 12.4 Å². The Morgan fingerprint density at radius 3 is 2.22 bits per heavy atom. The Hall–Kier alpha value is -1.81. The molecule has 0 radical (unpaired) electrons. The summed E-state index contributed by atoms with van der Waals surface area (Å²) < 4.78 is 11.6. The standard InChI is InChI=1S/C28H39NO2.ClH/c1(3-5-7-12-23-30-24-26-15-13-22-29-26)2-4-6-9-14-25-18-20-28(21-19-25)31-27-16-10-8-11-17-27;/h8-11,14,16-21,26,29H,1-7,12-13,15,22-24H2;1H/b14-9+;/t26-;/m0./s1. The summed E-state index contributed by atoms with van der Waals surface area (Å²) in [6, 6.07) is 18.8. The van der Waals surface area contributed by atoms with Gasteiger partial charge in [-0.15, -0.1) is 12.4 Å². The fourth-order valence-corrected chi connectivity index (χ4v) is 3.97. The Morgan fingerprint density at radius 2 is 1.50 bits per heavy atom. The summed E-state index contributed by atoms with van der Waals surface area (Å²) >= 11 is 0. The van der Waals surface area contributed by atoms with Crippen LogP contribution in [-0.2, 0) is 4.74 Å². The predicted octanol–water partition coefficient (Wildman–Crippen LogP) is 7.80. The van der Waals surface area contributed by atoms with E-state index in [2.05, 4.69) is 29.6 Å². The Bertz CT molecular complexity index is 727. The number of unbranched alkanes of at least 4 members (excludes halogenated alkanes) is 7. The second kappa shape index (κ2) is 16.8. The summed E-state index contributed by atoms with van der Waals surface area (Å²) in [5.74, 6) is 1.75. The second-order valence-electron chi connectivity index (χ2n) is 8.52. The van der Waals surface area contributed by atoms with Crippen molar-refractivity contribution in [3.05, 3.63) is 66.2 Å². The van der Waals surface area contributed by atoms with Gasteiger partial charge in [-0.05, 0) is 68.5 Å². The third kappa shape index (κ3) is 11.2. The monoisotopic (exact) mass is 457 g/mol. The predicted molar refractivity (Wildman–Crippen MR) is 138 cm³/mol. The number of halogens is 1. The third-order valence-corrected chi connectivity index (χ3v) is 5.81. The van der Waals surface area contributed by atoms with Gasteiger partial charge in [-0.1, -0.05) is 74.6 Å². The molecule has 3 nitrogen and oxygen atoms in total. The molecule has 1 aliphatic heterocycles. The summed E-state index contributed by atoms with van der Waals surface area (Å²) in [6.45, 7) is 3.00. The van der Waals surface area contributed by atoms with E-state index in [1.54, 1.807) is 0 Å². The number of nitrogens with one attached hydrogen (secondary N) is 1. The lowest BCUT2D eigenvalue weighted by Crippen LogP contribution is -2.26. The highest BCUT2D eigenvalue weighted by molar-refractivity contribution is 5.85. The largest absolute Gasteiger partial charge is 0.457 e. The summed E-state index contributed by atoms with van der Waals surface area (Å²) in [4.78, 5) is 0. The van der Waals surface area contributed by atoms with Crippen LogP contribution in [0.4, 0.5) is 0 Å². The molecule has 1 saturated heterocycles. The van der Waals surface area contributed by atoms with Crippen molar-refractivity contribution in [2.45, 2.75) is 70.3 Å². The van der Waals surface area contributed by atoms with Crippen LogP contribution < -0.4 is 10.1 Å². The molecule has 176 valence electrons. The van der Waals surface area contributed by atoms with E-state index in [1.807, 2.05) is 42.5 Å². The first-order chi connectivity index (χ1) is 15.4. The summed E-state index contributed by atoms with van der Waals surface area (Å²) in [5.41, 5.74) is 1.23. The average Bonchev–Trinajstić information content (AvgIpc) is 3.32. The van der Waals surface area contributed by atoms with Gasteiger partial charge in [0.15, 0.2) is 0 Å². The molecular weight excluding hydrogens is 418 g/mol. The van der Waals surface area contributed by atoms with Gasteiger partial charge in [0, 0.05) is 12.6 Å². The lowest BCUT2D eigenvalue weighted by Gasteiger charge is -2.10. The van der Waals surface area contributed by atoms with Crippen molar-refractivity contribution >= 4 is 18.5 Å². The highest BCUT2D eigenvalue weighted by atomic mass is 35.5. The Balaban J connectivity index is 0.00000363. The van der Waals surface area contributed by atoms with Crippen molar-refractivity contribution < 1.29 is 9.47 Å². The number of ether oxygens (including phenoxy) is 2. The first-order valence-corrected chi connectivity index (χ1v) is 12.2. The van der Waals surface area contributed by atoms with Crippen molar-refractivity contribution in [3.8, 4) is 11.5 Å². The molecule has 3 rings (SSSR count). The van der Waals surface area contributed by atoms with Crippen molar-refractivity contribution in [2.24, 2.45) is 0 Å². The number of para-hydroxylation sites is 1. The fourth-order valence-electron chi connectivity index (χ4n) is 3.97. The molecule has 32 heavy (non-hydrogen) atoms. The molecule has 1 heterocycles. The summed E-state index contributed by atoms with van der Waals surface area (Å²) in [7, 11) is 0. The maximum absolute atomic E-state index is 5.84. The number of benzene rings is 2. The van der Waals surface area contributed by atoms with E-state index in [9.17, 15) is 0 Å². The highest BCUT2D eigenvalue weighted by Gasteiger charge is 2.13. The first-order valence-electron chi connectivity index (χ1n) is 12.2. The molecule has 0 aliphatic carbocycles. The van der Waals surface area contributed by atoms with Crippen LogP contribution in [-0.4, -0.2) is 25.8 Å². The van der Waals surface area contributed by atoms with Crippen LogP contribution in [0.1, 0.15) is 69.8 Å². The fraction of sp³-hybridized carbons (Fsp3) is 0.500. The molecule has 0 saturated carbocycles. The van der Waals surface area contributed by atoms with Crippen molar-refractivity contribution in [3.63, 3.8) is 0 Å². The van der Waals surface area contributed by atoms with Crippen molar-refractivity contribution in [2.75, 3.05) is 19.8 Å². The van der Waals surface area contributed by atoms with Gasteiger partial charge in [0.05, 0.1) is 6.61 Å². The van der Waals surface area contributed by atoms with Crippen molar-refractivity contribution in [1.29, 1.82) is 0 Å². The van der Waals surface area contributed by atoms with Gasteiger partial charge in [0.2, 0.25) is 0 Å². The quantitative estimate of drug-likeness (QED) is 0.276. The van der Waals surface area contributed by atoms with E-state index < -0.39 is 0 Å². The molecule has 0 aromatic heterocycles. The SMILES string of the molecule is C(=C\c1ccc(Oc2ccccc2)cc1)/CCCCCCCCCOC[C@@H]1CCCN1.Cl. The Kier molecular flexibility index (Phi) is 13.9. The minimum atomic E-state index is 0. The second-order valence-corrected chi connectivity index (χ2v) is 8.52. The van der Waals surface area contributed by atoms with Crippen LogP contribution in [0.3, 0.4) is 0 Å². The first kappa shape index (κ1) is 26.4. The molecule has 1 fully saturated rings. The van der Waals surface area contributed by atoms with Crippen LogP contribution in [0, 0.1) is 0 Å². The number of hydrogen-bond donors (Lipinski definition) is 1. The van der Waals surface area contributed by atoms with E-state index in [0.717, 1.165) is 31.1 Å². The van der Waals surface area contributed by atoms with Gasteiger partial charge in [0.1, 0.15) is 11.5 Å². The third-order valence-electron chi connectivity index (χ3n) is 5.81. The minimum absolute atomic E-state index is 0. The summed E-state index contributed by atoms with van der Waals surface area (Å²) in [6.07, 6.45) is 17.4. The van der Waals surface area contributed by atoms with Crippen molar-refractivity contribution in [1.82, 2.24) is 5.32 Å². The average molecular weight is 458 g/mol. The van der Waals surface area contributed by atoms with Crippen LogP contribution in [0.5, 0.6) is 11.5 Å². The zero-order chi connectivity index (χ0) is 21.4. The smallest absolute Gasteiger partial charge is 0.127 e. The maximum Gasteiger partial charge on any atom is 0.127 e. The molecule has 2 aromatic rings. The van der Waals surface area contributed by atoms with E-state index >= 15 is 0 Å². The van der Waals surface area contributed by atoms with Gasteiger partial charge in [-0.3, -0.25) is 0 Å². The molecular formula is C28H40ClNO2. The van der Waals surface area contributed by atoms with E-state index in [4.69, 9.17) is 9.47 Å². The Morgan fingerprint density at radius 1 is 0.812 bits per heavy atom. The van der Waals surface area contributed by atoms with Crippen LogP contribution in [0.2, 0.25) is 0 Å². The molecule has 2 aromatic carbocycles. The number of hydrogen-bond acceptors (Lipinski definition) is 3. The number of rotatable bonds is 15. The zero-order valence-corrected chi connectivity index (χ0v) is 20.2. The van der Waals surface area contributed by atoms with Gasteiger partial charge in [-0.2, -0.15) is 0 Å². The molecule has 0 spiro atoms. The molecule has 4 heteroatoms. The lowest BCUT2D eigenvalue weighted by molar-refractivity contribution is 0.112. The molecule has 1 aliphatic rings. The highest BCUT2D eigenvalue weighted by Crippen LogP contribution is 2.21. The van der Waals surface area contributed by atoms with Crippen LogP contribution in [0.15, 0.2) is 60.7 Å². The minimum Gasteiger partial charge on any atom is -0.457 e. The molecule has 0 unspecified atom stereocenters. The topological polar surface area (TPSA) is 30.5 Å². The number of allylic oxidation sites excluding steroid dienone is 1. The Labute approximate surface area is 201 Å². The molecule has 0 bridgehead atoms. The van der Waals surface area contributed by atoms with Gasteiger partial charge < -0.3 is 14.8 Å².